The normalized spacial score (nSPS) is 16.3. The minimum absolute atomic E-state index is 0.0986. The van der Waals surface area contributed by atoms with Crippen LogP contribution in [0.1, 0.15) is 32.3 Å². The predicted octanol–water partition coefficient (Wildman–Crippen LogP) is 2.75. The van der Waals surface area contributed by atoms with Gasteiger partial charge in [-0.05, 0) is 60.1 Å². The molecule has 17 heteroatoms. The van der Waals surface area contributed by atoms with Crippen molar-refractivity contribution in [3.05, 3.63) is 84.4 Å². The quantitative estimate of drug-likeness (QED) is 0.120. The molecule has 16 nitrogen and oxygen atoms in total. The minimum Gasteiger partial charge on any atom is -0.495 e. The highest BCUT2D eigenvalue weighted by atomic mass is 32.1. The molecular formula is C42H51N9O7S. The number of likely N-dealkylation sites (tertiary alicyclic amines) is 1. The zero-order chi connectivity index (χ0) is 41.9. The molecule has 59 heavy (non-hydrogen) atoms. The SMILES string of the molecule is COc1ccccc1NC(=O)NCC(=O)N[C@@H](Cc1ccccc1)C(=O)NCC(=O)N[C@H](C(=O)N1CCC[C@H]1C(=O)N1CCN(c2nsc3ccccc23)CC1)C(C)C. The third kappa shape index (κ3) is 10.8. The Bertz CT molecular complexity index is 2120. The topological polar surface area (TPSA) is 194 Å². The summed E-state index contributed by atoms with van der Waals surface area (Å²) in [5.74, 6) is -1.24. The van der Waals surface area contributed by atoms with Crippen molar-refractivity contribution in [3.8, 4) is 5.75 Å². The predicted molar refractivity (Wildman–Crippen MR) is 225 cm³/mol. The number of anilines is 2. The highest BCUT2D eigenvalue weighted by Gasteiger charge is 2.41. The van der Waals surface area contributed by atoms with Crippen LogP contribution in [0.25, 0.3) is 10.1 Å². The smallest absolute Gasteiger partial charge is 0.319 e. The van der Waals surface area contributed by atoms with E-state index in [0.717, 1.165) is 21.5 Å². The first-order valence-electron chi connectivity index (χ1n) is 19.8. The molecule has 2 aliphatic rings. The Balaban J connectivity index is 1.01. The first-order chi connectivity index (χ1) is 28.5. The molecule has 7 amide bonds. The maximum atomic E-state index is 14.0. The fourth-order valence-electron chi connectivity index (χ4n) is 7.32. The average Bonchev–Trinajstić information content (AvgIpc) is 3.92. The van der Waals surface area contributed by atoms with Crippen molar-refractivity contribution in [2.24, 2.45) is 5.92 Å². The van der Waals surface area contributed by atoms with Gasteiger partial charge in [0.1, 0.15) is 29.7 Å². The highest BCUT2D eigenvalue weighted by Crippen LogP contribution is 2.30. The van der Waals surface area contributed by atoms with E-state index in [1.54, 1.807) is 53.4 Å². The van der Waals surface area contributed by atoms with Crippen molar-refractivity contribution < 1.29 is 33.5 Å². The van der Waals surface area contributed by atoms with Gasteiger partial charge in [-0.15, -0.1) is 0 Å². The molecule has 0 radical (unpaired) electrons. The number of urea groups is 1. The van der Waals surface area contributed by atoms with Crippen LogP contribution in [0.2, 0.25) is 0 Å². The summed E-state index contributed by atoms with van der Waals surface area (Å²) in [5.41, 5.74) is 1.17. The number of para-hydroxylation sites is 2. The van der Waals surface area contributed by atoms with Crippen LogP contribution >= 0.6 is 11.5 Å². The van der Waals surface area contributed by atoms with Gasteiger partial charge in [-0.2, -0.15) is 4.37 Å². The molecule has 0 bridgehead atoms. The molecule has 2 saturated heterocycles. The van der Waals surface area contributed by atoms with E-state index in [0.29, 0.717) is 57.0 Å². The van der Waals surface area contributed by atoms with Gasteiger partial charge in [0.15, 0.2) is 0 Å². The Labute approximate surface area is 347 Å². The van der Waals surface area contributed by atoms with E-state index in [-0.39, 0.29) is 24.2 Å². The van der Waals surface area contributed by atoms with Crippen LogP contribution in [-0.2, 0) is 30.4 Å². The Morgan fingerprint density at radius 3 is 2.24 bits per heavy atom. The zero-order valence-electron chi connectivity index (χ0n) is 33.4. The number of fused-ring (bicyclic) bond motifs is 1. The van der Waals surface area contributed by atoms with Gasteiger partial charge < -0.3 is 46.0 Å². The van der Waals surface area contributed by atoms with Gasteiger partial charge in [0.2, 0.25) is 29.5 Å². The number of hydrogen-bond acceptors (Lipinski definition) is 10. The lowest BCUT2D eigenvalue weighted by Crippen LogP contribution is -2.58. The highest BCUT2D eigenvalue weighted by molar-refractivity contribution is 7.13. The third-order valence-corrected chi connectivity index (χ3v) is 11.3. The standard InChI is InChI=1S/C42H51N9O7S/c1-27(2)37(41(56)51-19-11-16-32(51)40(55)50-22-20-49(21-23-50)38-29-14-7-10-18-34(29)59-48-38)47-36(53)25-43-39(54)31(24-28-12-5-4-6-13-28)45-35(52)26-44-42(57)46-30-15-8-9-17-33(30)58-3/h4-10,12-15,17-18,27,31-32,37H,11,16,19-26H2,1-3H3,(H,43,54)(H,45,52)(H,47,53)(H2,44,46,57)/t31-,32-,37-/m0/s1. The number of hydrogen-bond donors (Lipinski definition) is 5. The minimum atomic E-state index is -1.08. The van der Waals surface area contributed by atoms with E-state index < -0.39 is 55.0 Å². The fraction of sp³-hybridized carbons (Fsp3) is 0.405. The van der Waals surface area contributed by atoms with Crippen LogP contribution < -0.4 is 36.2 Å². The second kappa shape index (κ2) is 20.0. The van der Waals surface area contributed by atoms with E-state index in [1.165, 1.54) is 18.6 Å². The van der Waals surface area contributed by atoms with E-state index in [2.05, 4.69) is 41.9 Å². The van der Waals surface area contributed by atoms with Gasteiger partial charge in [-0.3, -0.25) is 24.0 Å². The number of piperazine rings is 1. The number of carbonyl (C=O) groups is 6. The number of aromatic nitrogens is 1. The molecule has 0 spiro atoms. The van der Waals surface area contributed by atoms with E-state index in [4.69, 9.17) is 4.74 Å². The van der Waals surface area contributed by atoms with Gasteiger partial charge >= 0.3 is 6.03 Å². The van der Waals surface area contributed by atoms with Crippen molar-refractivity contribution in [2.75, 3.05) is 63.1 Å². The molecule has 312 valence electrons. The molecule has 2 fully saturated rings. The molecule has 2 aliphatic heterocycles. The Morgan fingerprint density at radius 2 is 1.49 bits per heavy atom. The Kier molecular flexibility index (Phi) is 14.3. The monoisotopic (exact) mass is 825 g/mol. The van der Waals surface area contributed by atoms with Crippen LogP contribution in [0.5, 0.6) is 5.75 Å². The molecule has 3 aromatic carbocycles. The van der Waals surface area contributed by atoms with E-state index in [9.17, 15) is 28.8 Å². The summed E-state index contributed by atoms with van der Waals surface area (Å²) in [5, 5.41) is 14.2. The molecule has 0 saturated carbocycles. The van der Waals surface area contributed by atoms with E-state index >= 15 is 0 Å². The van der Waals surface area contributed by atoms with Crippen LogP contribution in [0, 0.1) is 5.92 Å². The van der Waals surface area contributed by atoms with Crippen molar-refractivity contribution in [1.29, 1.82) is 0 Å². The third-order valence-electron chi connectivity index (χ3n) is 10.4. The second-order valence-electron chi connectivity index (χ2n) is 14.8. The first kappa shape index (κ1) is 42.4. The van der Waals surface area contributed by atoms with Crippen molar-refractivity contribution in [2.45, 2.75) is 51.2 Å². The molecule has 3 atom stereocenters. The van der Waals surface area contributed by atoms with Crippen LogP contribution in [0.3, 0.4) is 0 Å². The lowest BCUT2D eigenvalue weighted by atomic mass is 10.0. The summed E-state index contributed by atoms with van der Waals surface area (Å²) in [6.45, 7) is 5.40. The van der Waals surface area contributed by atoms with Gasteiger partial charge in [-0.25, -0.2) is 4.79 Å². The maximum absolute atomic E-state index is 14.0. The van der Waals surface area contributed by atoms with Crippen molar-refractivity contribution in [1.82, 2.24) is 35.4 Å². The maximum Gasteiger partial charge on any atom is 0.319 e. The lowest BCUT2D eigenvalue weighted by molar-refractivity contribution is -0.146. The average molecular weight is 826 g/mol. The van der Waals surface area contributed by atoms with Gasteiger partial charge in [0, 0.05) is 44.5 Å². The molecule has 0 aliphatic carbocycles. The van der Waals surface area contributed by atoms with E-state index in [1.807, 2.05) is 43.0 Å². The summed E-state index contributed by atoms with van der Waals surface area (Å²) in [6.07, 6.45) is 1.31. The summed E-state index contributed by atoms with van der Waals surface area (Å²) >= 11 is 1.46. The number of rotatable bonds is 15. The summed E-state index contributed by atoms with van der Waals surface area (Å²) in [4.78, 5) is 85.7. The number of nitrogens with one attached hydrogen (secondary N) is 5. The molecule has 4 aromatic rings. The van der Waals surface area contributed by atoms with Crippen LogP contribution in [0.15, 0.2) is 78.9 Å². The van der Waals surface area contributed by atoms with Crippen molar-refractivity contribution in [3.63, 3.8) is 0 Å². The number of methoxy groups -OCH3 is 1. The lowest BCUT2D eigenvalue weighted by Gasteiger charge is -2.38. The molecule has 0 unspecified atom stereocenters. The Hall–Kier alpha value is -6.23. The number of benzene rings is 3. The number of ether oxygens (including phenoxy) is 1. The molecule has 6 rings (SSSR count). The summed E-state index contributed by atoms with van der Waals surface area (Å²) < 4.78 is 11.0. The second-order valence-corrected chi connectivity index (χ2v) is 15.6. The molecule has 3 heterocycles. The van der Waals surface area contributed by atoms with Gasteiger partial charge in [0.05, 0.1) is 30.6 Å². The largest absolute Gasteiger partial charge is 0.495 e. The fourth-order valence-corrected chi connectivity index (χ4v) is 8.12. The van der Waals surface area contributed by atoms with Gasteiger partial charge in [0.25, 0.3) is 0 Å². The molecular weight excluding hydrogens is 775 g/mol. The molecule has 5 N–H and O–H groups in total. The zero-order valence-corrected chi connectivity index (χ0v) is 34.3. The summed E-state index contributed by atoms with van der Waals surface area (Å²) in [7, 11) is 1.47. The first-order valence-corrected chi connectivity index (χ1v) is 20.6. The number of carbonyl (C=O) groups excluding carboxylic acids is 6. The van der Waals surface area contributed by atoms with Crippen molar-refractivity contribution >= 4 is 68.7 Å². The van der Waals surface area contributed by atoms with Crippen LogP contribution in [-0.4, -0.2) is 121 Å². The number of nitrogens with zero attached hydrogens (tertiary/aromatic N) is 4. The van der Waals surface area contributed by atoms with Crippen LogP contribution in [0.4, 0.5) is 16.3 Å². The Morgan fingerprint density at radius 1 is 0.814 bits per heavy atom. The van der Waals surface area contributed by atoms with Gasteiger partial charge in [-0.1, -0.05) is 68.4 Å². The summed E-state index contributed by atoms with van der Waals surface area (Å²) in [6, 6.07) is 20.6. The number of amides is 7. The molecule has 1 aromatic heterocycles.